The molecule has 0 aliphatic rings. The Labute approximate surface area is 112 Å². The zero-order valence-electron chi connectivity index (χ0n) is 10.8. The van der Waals surface area contributed by atoms with Crippen molar-refractivity contribution >= 4 is 5.97 Å². The van der Waals surface area contributed by atoms with E-state index in [1.54, 1.807) is 0 Å². The van der Waals surface area contributed by atoms with Gasteiger partial charge in [-0.15, -0.1) is 0 Å². The molecule has 0 amide bonds. The number of carbonyl (C=O) groups is 1. The third kappa shape index (κ3) is 3.58. The van der Waals surface area contributed by atoms with Crippen molar-refractivity contribution in [1.29, 1.82) is 0 Å². The van der Waals surface area contributed by atoms with E-state index in [1.807, 2.05) is 55.5 Å². The van der Waals surface area contributed by atoms with Crippen LogP contribution in [-0.4, -0.2) is 11.1 Å². The summed E-state index contributed by atoms with van der Waals surface area (Å²) < 4.78 is 5.75. The molecule has 0 aliphatic carbocycles. The van der Waals surface area contributed by atoms with Crippen LogP contribution in [0.1, 0.15) is 16.7 Å². The monoisotopic (exact) mass is 256 g/mol. The van der Waals surface area contributed by atoms with Crippen LogP contribution in [0.5, 0.6) is 5.75 Å². The van der Waals surface area contributed by atoms with E-state index in [0.29, 0.717) is 6.61 Å². The average molecular weight is 256 g/mol. The minimum atomic E-state index is -0.830. The molecule has 0 saturated carbocycles. The molecule has 1 N–H and O–H groups in total. The number of aliphatic carboxylic acids is 1. The number of para-hydroxylation sites is 1. The van der Waals surface area contributed by atoms with Crippen molar-refractivity contribution in [2.45, 2.75) is 20.0 Å². The molecule has 2 aromatic rings. The lowest BCUT2D eigenvalue weighted by Gasteiger charge is -2.11. The van der Waals surface area contributed by atoms with E-state index in [1.165, 1.54) is 0 Å². The minimum absolute atomic E-state index is 0.0211. The van der Waals surface area contributed by atoms with E-state index >= 15 is 0 Å². The van der Waals surface area contributed by atoms with Crippen molar-refractivity contribution in [3.63, 3.8) is 0 Å². The van der Waals surface area contributed by atoms with Gasteiger partial charge in [-0.2, -0.15) is 0 Å². The molecule has 0 bridgehead atoms. The van der Waals surface area contributed by atoms with Gasteiger partial charge in [-0.25, -0.2) is 0 Å². The van der Waals surface area contributed by atoms with Crippen molar-refractivity contribution in [1.82, 2.24) is 0 Å². The van der Waals surface area contributed by atoms with Gasteiger partial charge in [-0.1, -0.05) is 42.5 Å². The zero-order chi connectivity index (χ0) is 13.7. The molecule has 0 heterocycles. The number of ether oxygens (including phenoxy) is 1. The van der Waals surface area contributed by atoms with Gasteiger partial charge < -0.3 is 9.84 Å². The van der Waals surface area contributed by atoms with E-state index in [9.17, 15) is 4.79 Å². The Morgan fingerprint density at radius 1 is 1.05 bits per heavy atom. The van der Waals surface area contributed by atoms with Crippen LogP contribution in [0, 0.1) is 6.92 Å². The number of aryl methyl sites for hydroxylation is 1. The molecule has 98 valence electrons. The Balaban J connectivity index is 2.11. The molecule has 0 aromatic heterocycles. The van der Waals surface area contributed by atoms with Gasteiger partial charge in [0.05, 0.1) is 6.42 Å². The number of carboxylic acids is 1. The molecular formula is C16H16O3. The van der Waals surface area contributed by atoms with Crippen LogP contribution >= 0.6 is 0 Å². The van der Waals surface area contributed by atoms with Gasteiger partial charge in [0, 0.05) is 0 Å². The van der Waals surface area contributed by atoms with Crippen LogP contribution in [-0.2, 0) is 17.8 Å². The normalized spacial score (nSPS) is 10.2. The van der Waals surface area contributed by atoms with Gasteiger partial charge in [0.2, 0.25) is 0 Å². The highest BCUT2D eigenvalue weighted by atomic mass is 16.5. The predicted molar refractivity (Wildman–Crippen MR) is 73.3 cm³/mol. The molecule has 0 aliphatic heterocycles. The maximum absolute atomic E-state index is 10.8. The second-order valence-corrected chi connectivity index (χ2v) is 4.39. The third-order valence-electron chi connectivity index (χ3n) is 2.94. The highest BCUT2D eigenvalue weighted by Gasteiger charge is 2.07. The fourth-order valence-electron chi connectivity index (χ4n) is 1.91. The van der Waals surface area contributed by atoms with Crippen molar-refractivity contribution in [2.24, 2.45) is 0 Å². The van der Waals surface area contributed by atoms with E-state index in [0.717, 1.165) is 22.4 Å². The van der Waals surface area contributed by atoms with Crippen molar-refractivity contribution in [3.05, 3.63) is 65.2 Å². The summed E-state index contributed by atoms with van der Waals surface area (Å²) in [5.74, 6) is -0.00373. The molecule has 3 heteroatoms. The van der Waals surface area contributed by atoms with Gasteiger partial charge in [0.1, 0.15) is 12.4 Å². The smallest absolute Gasteiger partial charge is 0.307 e. The highest BCUT2D eigenvalue weighted by Crippen LogP contribution is 2.19. The first kappa shape index (κ1) is 13.1. The third-order valence-corrected chi connectivity index (χ3v) is 2.94. The Bertz CT molecular complexity index is 576. The Kier molecular flexibility index (Phi) is 4.18. The molecule has 0 saturated heterocycles. The summed E-state index contributed by atoms with van der Waals surface area (Å²) in [6.07, 6.45) is 0.0211. The van der Waals surface area contributed by atoms with Crippen LogP contribution in [0.2, 0.25) is 0 Å². The molecule has 0 radical (unpaired) electrons. The van der Waals surface area contributed by atoms with E-state index in [-0.39, 0.29) is 6.42 Å². The van der Waals surface area contributed by atoms with E-state index < -0.39 is 5.97 Å². The fourth-order valence-corrected chi connectivity index (χ4v) is 1.91. The lowest BCUT2D eigenvalue weighted by atomic mass is 10.1. The van der Waals surface area contributed by atoms with Gasteiger partial charge in [-0.3, -0.25) is 4.79 Å². The van der Waals surface area contributed by atoms with Crippen molar-refractivity contribution in [2.75, 3.05) is 0 Å². The second kappa shape index (κ2) is 6.05. The molecule has 0 spiro atoms. The van der Waals surface area contributed by atoms with Gasteiger partial charge in [0.25, 0.3) is 0 Å². The number of benzene rings is 2. The Morgan fingerprint density at radius 3 is 2.37 bits per heavy atom. The number of hydrogen-bond donors (Lipinski definition) is 1. The summed E-state index contributed by atoms with van der Waals surface area (Å²) in [6, 6.07) is 15.2. The molecule has 2 aromatic carbocycles. The maximum Gasteiger partial charge on any atom is 0.307 e. The highest BCUT2D eigenvalue weighted by molar-refractivity contribution is 5.70. The maximum atomic E-state index is 10.8. The Morgan fingerprint density at radius 2 is 1.68 bits per heavy atom. The van der Waals surface area contributed by atoms with Crippen LogP contribution in [0.4, 0.5) is 0 Å². The number of carboxylic acid groups (broad SMARTS) is 1. The summed E-state index contributed by atoms with van der Waals surface area (Å²) in [4.78, 5) is 10.8. The standard InChI is InChI=1S/C16H16O3/c1-12-6-2-5-9-15(12)19-11-14-8-4-3-7-13(14)10-16(17)18/h2-9H,10-11H2,1H3,(H,17,18). The average Bonchev–Trinajstić information content (AvgIpc) is 2.39. The number of hydrogen-bond acceptors (Lipinski definition) is 2. The minimum Gasteiger partial charge on any atom is -0.489 e. The molecular weight excluding hydrogens is 240 g/mol. The number of rotatable bonds is 5. The molecule has 3 nitrogen and oxygen atoms in total. The summed E-state index contributed by atoms with van der Waals surface area (Å²) in [7, 11) is 0. The van der Waals surface area contributed by atoms with Crippen molar-refractivity contribution in [3.8, 4) is 5.75 Å². The first-order valence-electron chi connectivity index (χ1n) is 6.14. The van der Waals surface area contributed by atoms with E-state index in [2.05, 4.69) is 0 Å². The molecule has 0 atom stereocenters. The SMILES string of the molecule is Cc1ccccc1OCc1ccccc1CC(=O)O. The van der Waals surface area contributed by atoms with Crippen LogP contribution < -0.4 is 4.74 Å². The lowest BCUT2D eigenvalue weighted by Crippen LogP contribution is -2.06. The molecule has 19 heavy (non-hydrogen) atoms. The predicted octanol–water partition coefficient (Wildman–Crippen LogP) is 3.20. The lowest BCUT2D eigenvalue weighted by molar-refractivity contribution is -0.136. The summed E-state index contributed by atoms with van der Waals surface area (Å²) in [6.45, 7) is 2.37. The first-order valence-corrected chi connectivity index (χ1v) is 6.14. The van der Waals surface area contributed by atoms with Crippen LogP contribution in [0.25, 0.3) is 0 Å². The summed E-state index contributed by atoms with van der Waals surface area (Å²) in [5, 5.41) is 8.88. The van der Waals surface area contributed by atoms with Crippen LogP contribution in [0.15, 0.2) is 48.5 Å². The fraction of sp³-hybridized carbons (Fsp3) is 0.188. The molecule has 0 unspecified atom stereocenters. The Hall–Kier alpha value is -2.29. The molecule has 2 rings (SSSR count). The topological polar surface area (TPSA) is 46.5 Å². The van der Waals surface area contributed by atoms with Gasteiger partial charge >= 0.3 is 5.97 Å². The van der Waals surface area contributed by atoms with Gasteiger partial charge in [0.15, 0.2) is 0 Å². The largest absolute Gasteiger partial charge is 0.489 e. The quantitative estimate of drug-likeness (QED) is 0.893. The molecule has 0 fully saturated rings. The van der Waals surface area contributed by atoms with Gasteiger partial charge in [-0.05, 0) is 29.7 Å². The first-order chi connectivity index (χ1) is 9.16. The van der Waals surface area contributed by atoms with Crippen molar-refractivity contribution < 1.29 is 14.6 Å². The zero-order valence-corrected chi connectivity index (χ0v) is 10.8. The van der Waals surface area contributed by atoms with E-state index in [4.69, 9.17) is 9.84 Å². The van der Waals surface area contributed by atoms with Crippen LogP contribution in [0.3, 0.4) is 0 Å². The second-order valence-electron chi connectivity index (χ2n) is 4.39. The summed E-state index contributed by atoms with van der Waals surface area (Å²) in [5.41, 5.74) is 2.77. The summed E-state index contributed by atoms with van der Waals surface area (Å²) >= 11 is 0.